The lowest BCUT2D eigenvalue weighted by Gasteiger charge is -2.08. The topological polar surface area (TPSA) is 75.1 Å². The van der Waals surface area contributed by atoms with Crippen LogP contribution in [0.25, 0.3) is 16.5 Å². The van der Waals surface area contributed by atoms with Gasteiger partial charge in [0.2, 0.25) is 0 Å². The van der Waals surface area contributed by atoms with Crippen LogP contribution >= 0.6 is 11.3 Å². The van der Waals surface area contributed by atoms with E-state index in [9.17, 15) is 4.79 Å². The molecule has 0 atom stereocenters. The third-order valence-corrected chi connectivity index (χ3v) is 5.00. The molecule has 126 valence electrons. The van der Waals surface area contributed by atoms with Gasteiger partial charge in [-0.15, -0.1) is 11.3 Å². The van der Waals surface area contributed by atoms with Gasteiger partial charge in [0.1, 0.15) is 0 Å². The Morgan fingerprint density at radius 1 is 1.16 bits per heavy atom. The number of nitrogens with zero attached hydrogens (tertiary/aromatic N) is 3. The van der Waals surface area contributed by atoms with E-state index in [1.807, 2.05) is 23.6 Å². The number of nitrogens with one attached hydrogen (secondary N) is 2. The van der Waals surface area contributed by atoms with Gasteiger partial charge in [-0.3, -0.25) is 9.89 Å². The maximum Gasteiger partial charge on any atom is 0.274 e. The summed E-state index contributed by atoms with van der Waals surface area (Å²) in [5.74, 6) is 1.03. The number of aromatic amines is 1. The Morgan fingerprint density at radius 2 is 2.04 bits per heavy atom. The normalized spacial score (nSPS) is 11.1. The molecule has 0 saturated carbocycles. The second-order valence-corrected chi connectivity index (χ2v) is 6.87. The molecule has 3 aromatic heterocycles. The number of fused-ring (bicyclic) bond motifs is 1. The molecule has 0 saturated heterocycles. The zero-order valence-electron chi connectivity index (χ0n) is 13.9. The van der Waals surface area contributed by atoms with E-state index in [2.05, 4.69) is 46.4 Å². The van der Waals surface area contributed by atoms with Crippen molar-refractivity contribution in [2.24, 2.45) is 0 Å². The molecule has 1 aromatic carbocycles. The highest BCUT2D eigenvalue weighted by molar-refractivity contribution is 7.13. The molecule has 0 aliphatic carbocycles. The first kappa shape index (κ1) is 15.6. The van der Waals surface area contributed by atoms with Gasteiger partial charge in [0, 0.05) is 11.8 Å². The van der Waals surface area contributed by atoms with E-state index in [1.165, 1.54) is 21.7 Å². The molecule has 3 heterocycles. The van der Waals surface area contributed by atoms with Crippen LogP contribution in [0.2, 0.25) is 0 Å². The smallest absolute Gasteiger partial charge is 0.274 e. The van der Waals surface area contributed by atoms with Crippen molar-refractivity contribution in [1.82, 2.24) is 19.6 Å². The van der Waals surface area contributed by atoms with Crippen molar-refractivity contribution in [3.8, 4) is 10.7 Å². The summed E-state index contributed by atoms with van der Waals surface area (Å²) >= 11 is 1.56. The molecule has 0 aliphatic rings. The first-order valence-corrected chi connectivity index (χ1v) is 8.82. The van der Waals surface area contributed by atoms with E-state index in [0.717, 1.165) is 10.6 Å². The molecule has 0 bridgehead atoms. The lowest BCUT2D eigenvalue weighted by atomic mass is 10.1. The van der Waals surface area contributed by atoms with Gasteiger partial charge in [-0.25, -0.2) is 4.98 Å². The van der Waals surface area contributed by atoms with E-state index in [1.54, 1.807) is 11.3 Å². The van der Waals surface area contributed by atoms with Crippen LogP contribution in [0.3, 0.4) is 0 Å². The number of aromatic nitrogens is 4. The molecule has 0 spiro atoms. The van der Waals surface area contributed by atoms with Gasteiger partial charge in [0.15, 0.2) is 5.82 Å². The average molecular weight is 351 g/mol. The number of benzene rings is 1. The van der Waals surface area contributed by atoms with Crippen molar-refractivity contribution in [3.05, 3.63) is 69.0 Å². The van der Waals surface area contributed by atoms with E-state index in [4.69, 9.17) is 0 Å². The fraction of sp³-hybridized carbons (Fsp3) is 0.167. The maximum absolute atomic E-state index is 12.3. The lowest BCUT2D eigenvalue weighted by Crippen LogP contribution is -2.17. The molecule has 25 heavy (non-hydrogen) atoms. The number of anilines is 1. The van der Waals surface area contributed by atoms with Gasteiger partial charge in [-0.1, -0.05) is 12.1 Å². The molecule has 0 aliphatic heterocycles. The van der Waals surface area contributed by atoms with Crippen molar-refractivity contribution in [2.45, 2.75) is 20.4 Å². The van der Waals surface area contributed by atoms with Gasteiger partial charge in [-0.05, 0) is 48.6 Å². The average Bonchev–Trinajstić information content (AvgIpc) is 3.25. The summed E-state index contributed by atoms with van der Waals surface area (Å²) in [5.41, 5.74) is 3.97. The second kappa shape index (κ2) is 6.18. The minimum absolute atomic E-state index is 0.169. The van der Waals surface area contributed by atoms with Crippen LogP contribution in [-0.2, 0) is 6.54 Å². The standard InChI is InChI=1S/C18H17N5OS/c1-11-5-6-13(8-12(11)2)19-10-14-9-16(24)23-18(20-14)21-17(22-23)15-4-3-7-25-15/h3-9,19H,10H2,1-2H3,(H,20,21,22). The van der Waals surface area contributed by atoms with E-state index in [-0.39, 0.29) is 5.56 Å². The quantitative estimate of drug-likeness (QED) is 0.591. The molecule has 4 rings (SSSR count). The van der Waals surface area contributed by atoms with E-state index >= 15 is 0 Å². The van der Waals surface area contributed by atoms with Crippen LogP contribution in [0.4, 0.5) is 5.69 Å². The number of hydrogen-bond acceptors (Lipinski definition) is 5. The van der Waals surface area contributed by atoms with Crippen LogP contribution in [0, 0.1) is 13.8 Å². The summed E-state index contributed by atoms with van der Waals surface area (Å²) in [6, 6.07) is 11.6. The van der Waals surface area contributed by atoms with Crippen molar-refractivity contribution in [3.63, 3.8) is 0 Å². The third kappa shape index (κ3) is 3.06. The zero-order valence-corrected chi connectivity index (χ0v) is 14.7. The van der Waals surface area contributed by atoms with Gasteiger partial charge >= 0.3 is 0 Å². The molecule has 2 N–H and O–H groups in total. The molecule has 4 aromatic rings. The van der Waals surface area contributed by atoms with Crippen molar-refractivity contribution in [2.75, 3.05) is 5.32 Å². The summed E-state index contributed by atoms with van der Waals surface area (Å²) < 4.78 is 1.37. The fourth-order valence-electron chi connectivity index (χ4n) is 2.59. The predicted octanol–water partition coefficient (Wildman–Crippen LogP) is 3.38. The zero-order chi connectivity index (χ0) is 17.4. The maximum atomic E-state index is 12.3. The molecule has 0 amide bonds. The van der Waals surface area contributed by atoms with Gasteiger partial charge in [0.25, 0.3) is 11.3 Å². The van der Waals surface area contributed by atoms with Crippen LogP contribution < -0.4 is 10.9 Å². The van der Waals surface area contributed by atoms with Crippen molar-refractivity contribution < 1.29 is 0 Å². The second-order valence-electron chi connectivity index (χ2n) is 5.92. The molecule has 0 fully saturated rings. The fourth-order valence-corrected chi connectivity index (χ4v) is 3.25. The van der Waals surface area contributed by atoms with Crippen LogP contribution in [0.5, 0.6) is 0 Å². The Labute approximate surface area is 148 Å². The van der Waals surface area contributed by atoms with Crippen molar-refractivity contribution >= 4 is 22.8 Å². The van der Waals surface area contributed by atoms with E-state index < -0.39 is 0 Å². The van der Waals surface area contributed by atoms with E-state index in [0.29, 0.717) is 23.8 Å². The van der Waals surface area contributed by atoms with Crippen LogP contribution in [0.15, 0.2) is 46.6 Å². The summed E-state index contributed by atoms with van der Waals surface area (Å²) in [6.45, 7) is 4.63. The summed E-state index contributed by atoms with van der Waals surface area (Å²) in [6.07, 6.45) is 0. The Bertz CT molecular complexity index is 1090. The first-order chi connectivity index (χ1) is 12.1. The first-order valence-electron chi connectivity index (χ1n) is 7.94. The molecule has 7 heteroatoms. The predicted molar refractivity (Wildman–Crippen MR) is 100 cm³/mol. The number of H-pyrrole nitrogens is 1. The van der Waals surface area contributed by atoms with Gasteiger partial charge < -0.3 is 5.32 Å². The summed E-state index contributed by atoms with van der Waals surface area (Å²) in [5, 5.41) is 8.28. The lowest BCUT2D eigenvalue weighted by molar-refractivity contribution is 0.879. The molecule has 6 nitrogen and oxygen atoms in total. The SMILES string of the molecule is Cc1ccc(NCc2cc(=O)n3[nH]c(-c4cccs4)nc3n2)cc1C. The molecule has 0 radical (unpaired) electrons. The van der Waals surface area contributed by atoms with Crippen LogP contribution in [0.1, 0.15) is 16.8 Å². The highest BCUT2D eigenvalue weighted by Gasteiger charge is 2.10. The molecule has 0 unspecified atom stereocenters. The Balaban J connectivity index is 1.62. The molecular formula is C18H17N5OS. The van der Waals surface area contributed by atoms with Crippen LogP contribution in [-0.4, -0.2) is 19.6 Å². The summed E-state index contributed by atoms with van der Waals surface area (Å²) in [7, 11) is 0. The minimum atomic E-state index is -0.169. The number of aryl methyl sites for hydroxylation is 2. The Kier molecular flexibility index (Phi) is 3.85. The van der Waals surface area contributed by atoms with Gasteiger partial charge in [-0.2, -0.15) is 9.50 Å². The van der Waals surface area contributed by atoms with Gasteiger partial charge in [0.05, 0.1) is 17.1 Å². The largest absolute Gasteiger partial charge is 0.379 e. The number of thiophene rings is 1. The Hall–Kier alpha value is -2.93. The Morgan fingerprint density at radius 3 is 2.80 bits per heavy atom. The third-order valence-electron chi connectivity index (χ3n) is 4.12. The monoisotopic (exact) mass is 351 g/mol. The highest BCUT2D eigenvalue weighted by Crippen LogP contribution is 2.21. The molecular weight excluding hydrogens is 334 g/mol. The number of hydrogen-bond donors (Lipinski definition) is 2. The minimum Gasteiger partial charge on any atom is -0.379 e. The summed E-state index contributed by atoms with van der Waals surface area (Å²) in [4.78, 5) is 22.2. The highest BCUT2D eigenvalue weighted by atomic mass is 32.1. The number of rotatable bonds is 4. The van der Waals surface area contributed by atoms with Crippen molar-refractivity contribution in [1.29, 1.82) is 0 Å².